The molecule has 5 rings (SSSR count). The van der Waals surface area contributed by atoms with Crippen molar-refractivity contribution in [2.24, 2.45) is 0 Å². The van der Waals surface area contributed by atoms with Crippen molar-refractivity contribution in [3.05, 3.63) is 76.3 Å². The molecule has 1 aromatic heterocycles. The molecule has 0 spiro atoms. The molecule has 184 valence electrons. The third-order valence-electron chi connectivity index (χ3n) is 6.85. The molecule has 1 saturated heterocycles. The van der Waals surface area contributed by atoms with Crippen molar-refractivity contribution in [2.45, 2.75) is 20.4 Å². The average Bonchev–Trinajstić information content (AvgIpc) is 3.21. The fraction of sp³-hybridized carbons (Fsp3) is 0.259. The number of carbonyl (C=O) groups is 2. The zero-order chi connectivity index (χ0) is 25.4. The third kappa shape index (κ3) is 4.13. The van der Waals surface area contributed by atoms with Crippen molar-refractivity contribution < 1.29 is 14.5 Å². The number of nitro groups is 1. The Bertz CT molecular complexity index is 1500. The fourth-order valence-corrected chi connectivity index (χ4v) is 5.02. The molecule has 0 aliphatic carbocycles. The summed E-state index contributed by atoms with van der Waals surface area (Å²) in [6.07, 6.45) is 0. The molecule has 0 bridgehead atoms. The average molecular weight is 486 g/mol. The Balaban J connectivity index is 1.41. The van der Waals surface area contributed by atoms with Crippen molar-refractivity contribution in [1.29, 1.82) is 0 Å². The van der Waals surface area contributed by atoms with E-state index in [4.69, 9.17) is 0 Å². The van der Waals surface area contributed by atoms with E-state index < -0.39 is 10.8 Å². The van der Waals surface area contributed by atoms with Gasteiger partial charge in [-0.3, -0.25) is 19.7 Å². The van der Waals surface area contributed by atoms with Crippen LogP contribution in [0.1, 0.15) is 24.2 Å². The number of hydrogen-bond donors (Lipinski definition) is 1. The summed E-state index contributed by atoms with van der Waals surface area (Å²) in [5.74, 6) is -0.418. The smallest absolute Gasteiger partial charge is 0.293 e. The molecule has 9 nitrogen and oxygen atoms in total. The summed E-state index contributed by atoms with van der Waals surface area (Å²) in [7, 11) is 0. The fourth-order valence-electron chi connectivity index (χ4n) is 5.02. The van der Waals surface area contributed by atoms with E-state index in [-0.39, 0.29) is 17.2 Å². The highest BCUT2D eigenvalue weighted by molar-refractivity contribution is 6.11. The van der Waals surface area contributed by atoms with Crippen molar-refractivity contribution in [3.8, 4) is 0 Å². The number of benzene rings is 3. The number of anilines is 2. The zero-order valence-corrected chi connectivity index (χ0v) is 20.2. The first-order valence-corrected chi connectivity index (χ1v) is 12.0. The van der Waals surface area contributed by atoms with Gasteiger partial charge in [0.15, 0.2) is 0 Å². The topological polar surface area (TPSA) is 101 Å². The molecule has 0 radical (unpaired) electrons. The van der Waals surface area contributed by atoms with Crippen molar-refractivity contribution in [1.82, 2.24) is 9.47 Å². The highest BCUT2D eigenvalue weighted by atomic mass is 16.6. The molecule has 2 amide bonds. The second-order valence-electron chi connectivity index (χ2n) is 8.90. The normalized spacial score (nSPS) is 13.8. The number of aryl methyl sites for hydroxylation is 1. The highest BCUT2D eigenvalue weighted by Crippen LogP contribution is 2.32. The molecule has 3 aromatic carbocycles. The lowest BCUT2D eigenvalue weighted by molar-refractivity contribution is -0.384. The molecule has 0 unspecified atom stereocenters. The van der Waals surface area contributed by atoms with Crippen LogP contribution >= 0.6 is 0 Å². The molecule has 1 N–H and O–H groups in total. The van der Waals surface area contributed by atoms with Crippen LogP contribution in [0.15, 0.2) is 60.7 Å². The lowest BCUT2D eigenvalue weighted by Crippen LogP contribution is -2.48. The van der Waals surface area contributed by atoms with Gasteiger partial charge in [-0.1, -0.05) is 18.2 Å². The van der Waals surface area contributed by atoms with Crippen molar-refractivity contribution >= 4 is 50.7 Å². The third-order valence-corrected chi connectivity index (χ3v) is 6.85. The van der Waals surface area contributed by atoms with Gasteiger partial charge in [-0.25, -0.2) is 0 Å². The van der Waals surface area contributed by atoms with Crippen LogP contribution in [0.3, 0.4) is 0 Å². The number of para-hydroxylation sites is 1. The van der Waals surface area contributed by atoms with E-state index in [0.29, 0.717) is 37.6 Å². The van der Waals surface area contributed by atoms with E-state index in [2.05, 4.69) is 28.9 Å². The Morgan fingerprint density at radius 3 is 2.36 bits per heavy atom. The van der Waals surface area contributed by atoms with Crippen molar-refractivity contribution in [3.63, 3.8) is 0 Å². The summed E-state index contributed by atoms with van der Waals surface area (Å²) < 4.78 is 2.23. The molecule has 0 saturated carbocycles. The number of amides is 2. The Kier molecular flexibility index (Phi) is 6.05. The Morgan fingerprint density at radius 2 is 1.67 bits per heavy atom. The predicted molar refractivity (Wildman–Crippen MR) is 141 cm³/mol. The van der Waals surface area contributed by atoms with Crippen LogP contribution in [0.4, 0.5) is 17.1 Å². The number of carbonyl (C=O) groups excluding carboxylic acids is 2. The van der Waals surface area contributed by atoms with Crippen LogP contribution in [-0.2, 0) is 11.3 Å². The van der Waals surface area contributed by atoms with Gasteiger partial charge in [0, 0.05) is 78.8 Å². The van der Waals surface area contributed by atoms with Gasteiger partial charge in [0.1, 0.15) is 5.69 Å². The minimum absolute atomic E-state index is 0.00591. The number of piperazine rings is 1. The molecule has 36 heavy (non-hydrogen) atoms. The van der Waals surface area contributed by atoms with E-state index in [1.165, 1.54) is 13.0 Å². The second kappa shape index (κ2) is 9.33. The SMILES string of the molecule is CCn1c2ccccc2c2cc(NC(=O)c3ccc(N4CCN(C(C)=O)CC4)c([N+](=O)[O-])c3)ccc21. The molecule has 4 aromatic rings. The number of hydrogen-bond acceptors (Lipinski definition) is 5. The number of fused-ring (bicyclic) bond motifs is 3. The van der Waals surface area contributed by atoms with Crippen molar-refractivity contribution in [2.75, 3.05) is 36.4 Å². The standard InChI is InChI=1S/C27H27N5O4/c1-3-31-23-7-5-4-6-21(23)22-17-20(9-11-24(22)31)28-27(34)19-8-10-25(26(16-19)32(35)36)30-14-12-29(13-15-30)18(2)33/h4-11,16-17H,3,12-15H2,1-2H3,(H,28,34). The van der Waals surface area contributed by atoms with Crippen LogP contribution in [0, 0.1) is 10.1 Å². The number of aromatic nitrogens is 1. The number of rotatable bonds is 5. The Labute approximate surface area is 208 Å². The van der Waals surface area contributed by atoms with Gasteiger partial charge in [0.05, 0.1) is 4.92 Å². The maximum atomic E-state index is 13.1. The molecule has 0 atom stereocenters. The summed E-state index contributed by atoms with van der Waals surface area (Å²) >= 11 is 0. The first kappa shape index (κ1) is 23.3. The maximum absolute atomic E-state index is 13.1. The lowest BCUT2D eigenvalue weighted by atomic mass is 10.1. The summed E-state index contributed by atoms with van der Waals surface area (Å²) in [6.45, 7) is 6.45. The monoisotopic (exact) mass is 485 g/mol. The summed E-state index contributed by atoms with van der Waals surface area (Å²) in [6, 6.07) is 18.5. The van der Waals surface area contributed by atoms with E-state index in [1.807, 2.05) is 35.2 Å². The zero-order valence-electron chi connectivity index (χ0n) is 20.2. The van der Waals surface area contributed by atoms with Crippen LogP contribution < -0.4 is 10.2 Å². The predicted octanol–water partition coefficient (Wildman–Crippen LogP) is 4.64. The first-order chi connectivity index (χ1) is 17.4. The first-order valence-electron chi connectivity index (χ1n) is 12.0. The number of nitro benzene ring substituents is 1. The molecule has 1 aliphatic rings. The minimum atomic E-state index is -0.463. The van der Waals surface area contributed by atoms with Gasteiger partial charge >= 0.3 is 0 Å². The lowest BCUT2D eigenvalue weighted by Gasteiger charge is -2.35. The van der Waals surface area contributed by atoms with E-state index in [0.717, 1.165) is 28.4 Å². The van der Waals surface area contributed by atoms with Gasteiger partial charge in [-0.15, -0.1) is 0 Å². The van der Waals surface area contributed by atoms with Crippen LogP contribution in [-0.4, -0.2) is 52.4 Å². The van der Waals surface area contributed by atoms with E-state index >= 15 is 0 Å². The largest absolute Gasteiger partial charge is 0.362 e. The van der Waals surface area contributed by atoms with Gasteiger partial charge in [-0.05, 0) is 43.3 Å². The Morgan fingerprint density at radius 1 is 0.944 bits per heavy atom. The molecular weight excluding hydrogens is 458 g/mol. The van der Waals surface area contributed by atoms with E-state index in [9.17, 15) is 19.7 Å². The summed E-state index contributed by atoms with van der Waals surface area (Å²) in [5, 5.41) is 16.9. The van der Waals surface area contributed by atoms with E-state index in [1.54, 1.807) is 17.0 Å². The molecule has 1 aliphatic heterocycles. The highest BCUT2D eigenvalue weighted by Gasteiger charge is 2.26. The molecule has 1 fully saturated rings. The molecule has 9 heteroatoms. The van der Waals surface area contributed by atoms with Gasteiger partial charge in [-0.2, -0.15) is 0 Å². The summed E-state index contributed by atoms with van der Waals surface area (Å²) in [5.41, 5.74) is 3.38. The van der Waals surface area contributed by atoms with Gasteiger partial charge in [0.25, 0.3) is 11.6 Å². The maximum Gasteiger partial charge on any atom is 0.293 e. The molecular formula is C27H27N5O4. The van der Waals surface area contributed by atoms with Crippen LogP contribution in [0.2, 0.25) is 0 Å². The Hall–Kier alpha value is -4.40. The van der Waals surface area contributed by atoms with Crippen LogP contribution in [0.25, 0.3) is 21.8 Å². The van der Waals surface area contributed by atoms with Crippen LogP contribution in [0.5, 0.6) is 0 Å². The second-order valence-corrected chi connectivity index (χ2v) is 8.90. The molecule has 2 heterocycles. The van der Waals surface area contributed by atoms with Gasteiger partial charge in [0.2, 0.25) is 5.91 Å². The number of nitrogens with one attached hydrogen (secondary N) is 1. The minimum Gasteiger partial charge on any atom is -0.362 e. The summed E-state index contributed by atoms with van der Waals surface area (Å²) in [4.78, 5) is 39.6. The van der Waals surface area contributed by atoms with Gasteiger partial charge < -0.3 is 19.7 Å². The number of nitrogens with zero attached hydrogens (tertiary/aromatic N) is 4. The quantitative estimate of drug-likeness (QED) is 0.328.